The zero-order chi connectivity index (χ0) is 26.6. The molecule has 4 aliphatic rings. The highest BCUT2D eigenvalue weighted by Gasteiger charge is 2.75. The molecule has 0 saturated heterocycles. The number of ether oxygens (including phenoxy) is 2. The van der Waals surface area contributed by atoms with Crippen LogP contribution in [0, 0.1) is 29.1 Å². The van der Waals surface area contributed by atoms with Crippen LogP contribution in [0.4, 0.5) is 4.39 Å². The summed E-state index contributed by atoms with van der Waals surface area (Å²) in [4.78, 5) is 50.4. The number of alkyl halides is 1. The fraction of sp³-hybridized carbons (Fsp3) is 0.714. The molecule has 0 aromatic carbocycles. The van der Waals surface area contributed by atoms with Crippen LogP contribution in [0.1, 0.15) is 73.1 Å². The Bertz CT molecular complexity index is 1050. The molecule has 7 nitrogen and oxygen atoms in total. The largest absolute Gasteiger partial charge is 0.457 e. The lowest BCUT2D eigenvalue weighted by Gasteiger charge is -2.60. The smallest absolute Gasteiger partial charge is 0.306 e. The van der Waals surface area contributed by atoms with E-state index in [0.717, 1.165) is 0 Å². The lowest BCUT2D eigenvalue weighted by Crippen LogP contribution is -2.68. The van der Waals surface area contributed by atoms with Crippen LogP contribution in [0.5, 0.6) is 0 Å². The summed E-state index contributed by atoms with van der Waals surface area (Å²) in [5.41, 5.74) is -3.40. The number of esters is 2. The number of ketones is 2. The molecule has 3 fully saturated rings. The predicted octanol–water partition coefficient (Wildman–Crippen LogP) is 3.82. The van der Waals surface area contributed by atoms with E-state index in [4.69, 9.17) is 9.47 Å². The first-order valence-electron chi connectivity index (χ1n) is 13.1. The Morgan fingerprint density at radius 2 is 1.81 bits per heavy atom. The van der Waals surface area contributed by atoms with Crippen LogP contribution in [-0.4, -0.2) is 52.6 Å². The van der Waals surface area contributed by atoms with Crippen LogP contribution in [0.3, 0.4) is 0 Å². The SMILES string of the molecule is CCC(=O)OCC(=O)C1(OC(=O)CC)C(C)CC2C3CCC4=CC(=O)C=C(C)C4C3(F)C(O)CC21C. The molecule has 3 saturated carbocycles. The maximum absolute atomic E-state index is 17.2. The Kier molecular flexibility index (Phi) is 6.82. The van der Waals surface area contributed by atoms with Gasteiger partial charge in [-0.05, 0) is 50.7 Å². The van der Waals surface area contributed by atoms with E-state index < -0.39 is 64.9 Å². The second-order valence-corrected chi connectivity index (χ2v) is 11.3. The number of halogens is 1. The van der Waals surface area contributed by atoms with Crippen molar-refractivity contribution in [2.75, 3.05) is 6.61 Å². The number of carbonyl (C=O) groups excluding carboxylic acids is 4. The number of fused-ring (bicyclic) bond motifs is 5. The number of carbonyl (C=O) groups is 4. The molecule has 0 aliphatic heterocycles. The molecule has 0 aromatic heterocycles. The van der Waals surface area contributed by atoms with Crippen molar-refractivity contribution in [3.05, 3.63) is 23.3 Å². The fourth-order valence-corrected chi connectivity index (χ4v) is 8.05. The topological polar surface area (TPSA) is 107 Å². The van der Waals surface area contributed by atoms with Crippen LogP contribution in [0.2, 0.25) is 0 Å². The van der Waals surface area contributed by atoms with Gasteiger partial charge in [-0.25, -0.2) is 4.39 Å². The highest BCUT2D eigenvalue weighted by molar-refractivity contribution is 6.01. The van der Waals surface area contributed by atoms with E-state index in [1.165, 1.54) is 12.2 Å². The van der Waals surface area contributed by atoms with Crippen LogP contribution in [0.25, 0.3) is 0 Å². The molecule has 36 heavy (non-hydrogen) atoms. The van der Waals surface area contributed by atoms with Gasteiger partial charge in [0.15, 0.2) is 18.0 Å². The number of hydrogen-bond acceptors (Lipinski definition) is 7. The van der Waals surface area contributed by atoms with Crippen molar-refractivity contribution in [2.45, 2.75) is 90.5 Å². The van der Waals surface area contributed by atoms with Gasteiger partial charge in [0.05, 0.1) is 6.10 Å². The van der Waals surface area contributed by atoms with E-state index in [-0.39, 0.29) is 31.0 Å². The number of rotatable bonds is 6. The molecule has 8 unspecified atom stereocenters. The Morgan fingerprint density at radius 3 is 2.44 bits per heavy atom. The van der Waals surface area contributed by atoms with Crippen molar-refractivity contribution in [3.8, 4) is 0 Å². The van der Waals surface area contributed by atoms with Crippen molar-refractivity contribution < 1.29 is 38.1 Å². The Labute approximate surface area is 211 Å². The molecular weight excluding hydrogens is 467 g/mol. The molecule has 8 heteroatoms. The van der Waals surface area contributed by atoms with Gasteiger partial charge < -0.3 is 14.6 Å². The molecule has 0 spiro atoms. The van der Waals surface area contributed by atoms with Gasteiger partial charge in [-0.15, -0.1) is 0 Å². The van der Waals surface area contributed by atoms with E-state index in [1.54, 1.807) is 20.8 Å². The van der Waals surface area contributed by atoms with Crippen LogP contribution >= 0.6 is 0 Å². The minimum absolute atomic E-state index is 0.0462. The van der Waals surface area contributed by atoms with Gasteiger partial charge in [0.2, 0.25) is 5.78 Å². The van der Waals surface area contributed by atoms with Crippen molar-refractivity contribution in [1.29, 1.82) is 0 Å². The molecular formula is C28H37FO7. The maximum atomic E-state index is 17.2. The van der Waals surface area contributed by atoms with Gasteiger partial charge in [0.1, 0.15) is 5.67 Å². The summed E-state index contributed by atoms with van der Waals surface area (Å²) >= 11 is 0. The van der Waals surface area contributed by atoms with Gasteiger partial charge in [0, 0.05) is 36.0 Å². The third-order valence-corrected chi connectivity index (χ3v) is 9.49. The summed E-state index contributed by atoms with van der Waals surface area (Å²) in [5.74, 6) is -3.92. The molecule has 0 bridgehead atoms. The first-order chi connectivity index (χ1) is 16.9. The lowest BCUT2D eigenvalue weighted by molar-refractivity contribution is -0.220. The summed E-state index contributed by atoms with van der Waals surface area (Å²) < 4.78 is 28.4. The molecule has 8 atom stereocenters. The summed E-state index contributed by atoms with van der Waals surface area (Å²) in [6.45, 7) is 8.07. The van der Waals surface area contributed by atoms with Gasteiger partial charge in [-0.3, -0.25) is 19.2 Å². The highest BCUT2D eigenvalue weighted by atomic mass is 19.1. The third kappa shape index (κ3) is 3.62. The Morgan fingerprint density at radius 1 is 1.14 bits per heavy atom. The molecule has 198 valence electrons. The van der Waals surface area contributed by atoms with Gasteiger partial charge in [0.25, 0.3) is 0 Å². The first kappa shape index (κ1) is 26.7. The molecule has 0 aromatic rings. The molecule has 0 amide bonds. The Balaban J connectivity index is 1.79. The summed E-state index contributed by atoms with van der Waals surface area (Å²) in [5, 5.41) is 11.5. The second-order valence-electron chi connectivity index (χ2n) is 11.3. The molecule has 4 aliphatic carbocycles. The quantitative estimate of drug-likeness (QED) is 0.548. The Hall–Kier alpha value is -2.35. The number of hydrogen-bond donors (Lipinski definition) is 1. The van der Waals surface area contributed by atoms with E-state index in [9.17, 15) is 24.3 Å². The van der Waals surface area contributed by atoms with Crippen molar-refractivity contribution in [3.63, 3.8) is 0 Å². The normalized spacial score (nSPS) is 41.3. The number of aliphatic hydroxyl groups is 1. The minimum Gasteiger partial charge on any atom is -0.457 e. The lowest BCUT2D eigenvalue weighted by atomic mass is 9.47. The molecule has 0 radical (unpaired) electrons. The van der Waals surface area contributed by atoms with E-state index in [2.05, 4.69) is 0 Å². The highest BCUT2D eigenvalue weighted by Crippen LogP contribution is 2.69. The monoisotopic (exact) mass is 504 g/mol. The molecule has 4 rings (SSSR count). The summed E-state index contributed by atoms with van der Waals surface area (Å²) in [6.07, 6.45) is 2.91. The summed E-state index contributed by atoms with van der Waals surface area (Å²) in [6, 6.07) is 0. The van der Waals surface area contributed by atoms with E-state index >= 15 is 4.39 Å². The van der Waals surface area contributed by atoms with E-state index in [0.29, 0.717) is 30.4 Å². The van der Waals surface area contributed by atoms with Gasteiger partial charge >= 0.3 is 11.9 Å². The third-order valence-electron chi connectivity index (χ3n) is 9.49. The number of allylic oxidation sites excluding steroid dienone is 4. The van der Waals surface area contributed by atoms with Gasteiger partial charge in [-0.1, -0.05) is 38.8 Å². The minimum atomic E-state index is -2.00. The average Bonchev–Trinajstić information content (AvgIpc) is 3.03. The maximum Gasteiger partial charge on any atom is 0.306 e. The zero-order valence-corrected chi connectivity index (χ0v) is 21.8. The summed E-state index contributed by atoms with van der Waals surface area (Å²) in [7, 11) is 0. The zero-order valence-electron chi connectivity index (χ0n) is 21.8. The second kappa shape index (κ2) is 9.19. The first-order valence-corrected chi connectivity index (χ1v) is 13.1. The number of Topliss-reactive ketones (excluding diaryl/α,β-unsaturated/α-hetero) is 1. The van der Waals surface area contributed by atoms with Crippen LogP contribution in [0.15, 0.2) is 23.3 Å². The van der Waals surface area contributed by atoms with Crippen molar-refractivity contribution in [1.82, 2.24) is 0 Å². The van der Waals surface area contributed by atoms with Crippen LogP contribution in [-0.2, 0) is 28.7 Å². The standard InChI is InChI=1S/C28H37FO7/c1-6-23(33)35-14-22(32)28(36-24(34)7-2)16(4)11-20-19-9-8-17-12-18(30)10-15(3)25(17)27(19,29)21(31)13-26(20,28)5/h10,12,16,19-21,25,31H,6-9,11,13-14H2,1-5H3. The average molecular weight is 505 g/mol. The predicted molar refractivity (Wildman–Crippen MR) is 128 cm³/mol. The van der Waals surface area contributed by atoms with Crippen molar-refractivity contribution in [2.24, 2.45) is 29.1 Å². The fourth-order valence-electron chi connectivity index (χ4n) is 8.05. The van der Waals surface area contributed by atoms with Gasteiger partial charge in [-0.2, -0.15) is 0 Å². The van der Waals surface area contributed by atoms with Crippen molar-refractivity contribution >= 4 is 23.5 Å². The van der Waals surface area contributed by atoms with Crippen LogP contribution < -0.4 is 0 Å². The molecule has 1 N–H and O–H groups in total. The number of aliphatic hydroxyl groups excluding tert-OH is 1. The molecule has 0 heterocycles. The van der Waals surface area contributed by atoms with E-state index in [1.807, 2.05) is 13.8 Å².